The van der Waals surface area contributed by atoms with Gasteiger partial charge in [-0.2, -0.15) is 10.2 Å². The van der Waals surface area contributed by atoms with E-state index in [4.69, 9.17) is 0 Å². The van der Waals surface area contributed by atoms with E-state index in [0.717, 1.165) is 25.2 Å². The van der Waals surface area contributed by atoms with E-state index in [1.807, 2.05) is 58.8 Å². The summed E-state index contributed by atoms with van der Waals surface area (Å²) in [6.45, 7) is 4.26. The second-order valence-corrected chi connectivity index (χ2v) is 7.09. The highest BCUT2D eigenvalue weighted by Gasteiger charge is 2.32. The second kappa shape index (κ2) is 6.78. The quantitative estimate of drug-likeness (QED) is 0.710. The molecule has 3 aromatic rings. The average Bonchev–Trinajstić information content (AvgIpc) is 3.17. The Balaban J connectivity index is 1.37. The molecular weight excluding hydrogens is 326 g/mol. The monoisotopic (exact) mass is 349 g/mol. The molecule has 0 spiro atoms. The Morgan fingerprint density at radius 1 is 1.12 bits per heavy atom. The van der Waals surface area contributed by atoms with Gasteiger partial charge in [0.25, 0.3) is 5.91 Å². The molecule has 1 amide bonds. The first-order valence-electron chi connectivity index (χ1n) is 8.93. The van der Waals surface area contributed by atoms with E-state index in [1.54, 1.807) is 6.20 Å². The Bertz CT molecular complexity index is 905. The minimum atomic E-state index is 0.0873. The lowest BCUT2D eigenvalue weighted by atomic mass is 9.93. The van der Waals surface area contributed by atoms with Crippen LogP contribution < -0.4 is 0 Å². The highest BCUT2D eigenvalue weighted by molar-refractivity contribution is 5.95. The van der Waals surface area contributed by atoms with E-state index in [2.05, 4.69) is 22.3 Å². The average molecular weight is 349 g/mol. The predicted octanol–water partition coefficient (Wildman–Crippen LogP) is 2.29. The number of aryl methyl sites for hydroxylation is 1. The molecule has 0 radical (unpaired) electrons. The Morgan fingerprint density at radius 3 is 2.58 bits per heavy atom. The number of hydrogen-bond donors (Lipinski definition) is 0. The summed E-state index contributed by atoms with van der Waals surface area (Å²) < 4.78 is 3.72. The molecule has 4 rings (SSSR count). The number of rotatable bonds is 5. The lowest BCUT2D eigenvalue weighted by Gasteiger charge is -2.39. The van der Waals surface area contributed by atoms with Crippen LogP contribution in [-0.4, -0.2) is 43.5 Å². The zero-order valence-corrected chi connectivity index (χ0v) is 15.2. The lowest BCUT2D eigenvalue weighted by Crippen LogP contribution is -2.50. The molecule has 6 nitrogen and oxygen atoms in total. The van der Waals surface area contributed by atoms with Gasteiger partial charge in [0, 0.05) is 32.0 Å². The topological polar surface area (TPSA) is 56.0 Å². The first-order chi connectivity index (χ1) is 12.6. The molecular formula is C20H23N5O. The van der Waals surface area contributed by atoms with Gasteiger partial charge in [-0.25, -0.2) is 0 Å². The van der Waals surface area contributed by atoms with E-state index in [1.165, 1.54) is 11.1 Å². The van der Waals surface area contributed by atoms with Crippen molar-refractivity contribution in [3.63, 3.8) is 0 Å². The summed E-state index contributed by atoms with van der Waals surface area (Å²) in [7, 11) is 1.93. The van der Waals surface area contributed by atoms with Crippen molar-refractivity contribution in [1.82, 2.24) is 24.5 Å². The van der Waals surface area contributed by atoms with Gasteiger partial charge < -0.3 is 4.90 Å². The Morgan fingerprint density at radius 2 is 1.88 bits per heavy atom. The van der Waals surface area contributed by atoms with Gasteiger partial charge in [0.1, 0.15) is 0 Å². The molecule has 2 aromatic heterocycles. The van der Waals surface area contributed by atoms with Gasteiger partial charge in [-0.3, -0.25) is 14.2 Å². The molecule has 3 heterocycles. The summed E-state index contributed by atoms with van der Waals surface area (Å²) in [6.07, 6.45) is 6.63. The fourth-order valence-electron chi connectivity index (χ4n) is 3.52. The third kappa shape index (κ3) is 3.27. The Labute approximate surface area is 153 Å². The van der Waals surface area contributed by atoms with Gasteiger partial charge in [-0.1, -0.05) is 30.3 Å². The number of amides is 1. The van der Waals surface area contributed by atoms with Crippen LogP contribution in [0.3, 0.4) is 0 Å². The maximum absolute atomic E-state index is 12.8. The van der Waals surface area contributed by atoms with Crippen molar-refractivity contribution < 1.29 is 4.79 Å². The zero-order valence-electron chi connectivity index (χ0n) is 15.2. The predicted molar refractivity (Wildman–Crippen MR) is 98.8 cm³/mol. The van der Waals surface area contributed by atoms with Crippen molar-refractivity contribution >= 4 is 5.91 Å². The highest BCUT2D eigenvalue weighted by Crippen LogP contribution is 2.23. The lowest BCUT2D eigenvalue weighted by molar-refractivity contribution is 0.0500. The molecule has 1 fully saturated rings. The van der Waals surface area contributed by atoms with Crippen molar-refractivity contribution in [1.29, 1.82) is 0 Å². The highest BCUT2D eigenvalue weighted by atomic mass is 16.2. The molecule has 0 aliphatic carbocycles. The number of nitrogens with zero attached hydrogens (tertiary/aromatic N) is 5. The largest absolute Gasteiger partial charge is 0.338 e. The molecule has 134 valence electrons. The van der Waals surface area contributed by atoms with E-state index in [9.17, 15) is 4.79 Å². The molecule has 0 atom stereocenters. The standard InChI is InChI=1S/C20H23N5O/c1-15-19(10-22-25(15)14-16-6-4-3-5-7-16)20(26)24-12-18(13-24)8-17-9-21-23(2)11-17/h3-7,9-11,18H,8,12-14H2,1-2H3. The van der Waals surface area contributed by atoms with Gasteiger partial charge >= 0.3 is 0 Å². The summed E-state index contributed by atoms with van der Waals surface area (Å²) in [4.78, 5) is 14.7. The first kappa shape index (κ1) is 16.6. The van der Waals surface area contributed by atoms with Crippen LogP contribution in [0.1, 0.15) is 27.2 Å². The number of carbonyl (C=O) groups is 1. The molecule has 26 heavy (non-hydrogen) atoms. The van der Waals surface area contributed by atoms with Crippen LogP contribution in [-0.2, 0) is 20.0 Å². The summed E-state index contributed by atoms with van der Waals surface area (Å²) in [5.41, 5.74) is 4.05. The van der Waals surface area contributed by atoms with Gasteiger partial charge in [0.15, 0.2) is 0 Å². The fraction of sp³-hybridized carbons (Fsp3) is 0.350. The number of carbonyl (C=O) groups excluding carboxylic acids is 1. The van der Waals surface area contributed by atoms with Gasteiger partial charge in [-0.15, -0.1) is 0 Å². The van der Waals surface area contributed by atoms with Crippen molar-refractivity contribution in [3.05, 3.63) is 71.3 Å². The smallest absolute Gasteiger partial charge is 0.257 e. The van der Waals surface area contributed by atoms with Crippen molar-refractivity contribution in [3.8, 4) is 0 Å². The van der Waals surface area contributed by atoms with Crippen molar-refractivity contribution in [2.75, 3.05) is 13.1 Å². The third-order valence-corrected chi connectivity index (χ3v) is 5.04. The van der Waals surface area contributed by atoms with Crippen molar-refractivity contribution in [2.45, 2.75) is 19.9 Å². The summed E-state index contributed by atoms with van der Waals surface area (Å²) >= 11 is 0. The van der Waals surface area contributed by atoms with Crippen LogP contribution in [0.4, 0.5) is 0 Å². The minimum absolute atomic E-state index is 0.0873. The van der Waals surface area contributed by atoms with E-state index >= 15 is 0 Å². The van der Waals surface area contributed by atoms with Gasteiger partial charge in [0.2, 0.25) is 0 Å². The van der Waals surface area contributed by atoms with Gasteiger partial charge in [0.05, 0.1) is 24.5 Å². The molecule has 0 N–H and O–H groups in total. The summed E-state index contributed by atoms with van der Waals surface area (Å²) in [5, 5.41) is 8.62. The molecule has 1 aliphatic rings. The summed E-state index contributed by atoms with van der Waals surface area (Å²) in [5.74, 6) is 0.604. The second-order valence-electron chi connectivity index (χ2n) is 7.09. The minimum Gasteiger partial charge on any atom is -0.338 e. The van der Waals surface area contributed by atoms with Crippen LogP contribution in [0, 0.1) is 12.8 Å². The van der Waals surface area contributed by atoms with Crippen molar-refractivity contribution in [2.24, 2.45) is 13.0 Å². The maximum atomic E-state index is 12.8. The van der Waals surface area contributed by atoms with Crippen LogP contribution in [0.2, 0.25) is 0 Å². The number of aromatic nitrogens is 4. The molecule has 0 unspecified atom stereocenters. The normalized spacial score (nSPS) is 14.5. The first-order valence-corrected chi connectivity index (χ1v) is 8.93. The molecule has 0 saturated carbocycles. The van der Waals surface area contributed by atoms with Crippen LogP contribution in [0.5, 0.6) is 0 Å². The third-order valence-electron chi connectivity index (χ3n) is 5.04. The molecule has 1 aromatic carbocycles. The Kier molecular flexibility index (Phi) is 4.32. The zero-order chi connectivity index (χ0) is 18.1. The Hall–Kier alpha value is -2.89. The number of benzene rings is 1. The van der Waals surface area contributed by atoms with Crippen LogP contribution in [0.25, 0.3) is 0 Å². The fourth-order valence-corrected chi connectivity index (χ4v) is 3.52. The maximum Gasteiger partial charge on any atom is 0.257 e. The SMILES string of the molecule is Cc1c(C(=O)N2CC(Cc3cnn(C)c3)C2)cnn1Cc1ccccc1. The van der Waals surface area contributed by atoms with E-state index < -0.39 is 0 Å². The molecule has 6 heteroatoms. The van der Waals surface area contributed by atoms with Crippen LogP contribution in [0.15, 0.2) is 48.9 Å². The summed E-state index contributed by atoms with van der Waals surface area (Å²) in [6, 6.07) is 10.2. The van der Waals surface area contributed by atoms with E-state index in [0.29, 0.717) is 18.0 Å². The number of hydrogen-bond acceptors (Lipinski definition) is 3. The van der Waals surface area contributed by atoms with Crippen LogP contribution >= 0.6 is 0 Å². The molecule has 1 aliphatic heterocycles. The number of likely N-dealkylation sites (tertiary alicyclic amines) is 1. The van der Waals surface area contributed by atoms with E-state index in [-0.39, 0.29) is 5.91 Å². The molecule has 0 bridgehead atoms. The van der Waals surface area contributed by atoms with Gasteiger partial charge in [-0.05, 0) is 30.4 Å². The molecule has 1 saturated heterocycles.